The van der Waals surface area contributed by atoms with Gasteiger partial charge in [-0.15, -0.1) is 11.8 Å². The fourth-order valence-electron chi connectivity index (χ4n) is 1.78. The first-order valence-corrected chi connectivity index (χ1v) is 8.98. The molecule has 0 atom stereocenters. The molecule has 0 aromatic heterocycles. The molecule has 0 bridgehead atoms. The Morgan fingerprint density at radius 2 is 1.62 bits per heavy atom. The zero-order valence-corrected chi connectivity index (χ0v) is 15.7. The van der Waals surface area contributed by atoms with Gasteiger partial charge in [0, 0.05) is 13.8 Å². The Labute approximate surface area is 146 Å². The minimum atomic E-state index is -0.0224. The van der Waals surface area contributed by atoms with Gasteiger partial charge in [-0.3, -0.25) is 4.79 Å². The van der Waals surface area contributed by atoms with Crippen molar-refractivity contribution in [3.8, 4) is 0 Å². The molecule has 0 saturated heterocycles. The first-order chi connectivity index (χ1) is 9.95. The molecule has 1 N–H and O–H groups in total. The molecule has 21 heavy (non-hydrogen) atoms. The van der Waals surface area contributed by atoms with Gasteiger partial charge in [0.1, 0.15) is 0 Å². The molecule has 0 aliphatic heterocycles. The first-order valence-electron chi connectivity index (χ1n) is 6.40. The summed E-state index contributed by atoms with van der Waals surface area (Å²) in [6, 6.07) is 12.1. The van der Waals surface area contributed by atoms with E-state index in [4.69, 9.17) is 0 Å². The molecule has 5 heteroatoms. The van der Waals surface area contributed by atoms with Crippen molar-refractivity contribution in [1.82, 2.24) is 0 Å². The predicted octanol–water partition coefficient (Wildman–Crippen LogP) is 5.56. The number of carbonyl (C=O) groups excluding carboxylic acids is 1. The highest BCUT2D eigenvalue weighted by atomic mass is 79.9. The third-order valence-electron chi connectivity index (χ3n) is 2.84. The lowest BCUT2D eigenvalue weighted by atomic mass is 10.2. The van der Waals surface area contributed by atoms with Gasteiger partial charge in [-0.1, -0.05) is 17.7 Å². The summed E-state index contributed by atoms with van der Waals surface area (Å²) in [7, 11) is 0. The molecule has 2 rings (SSSR count). The van der Waals surface area contributed by atoms with E-state index in [0.717, 1.165) is 25.1 Å². The van der Waals surface area contributed by atoms with Gasteiger partial charge < -0.3 is 5.32 Å². The third kappa shape index (κ3) is 4.87. The SMILES string of the molecule is Cc1ccc(SCC(=O)Nc2c(Br)cc(C)cc2Br)cc1. The summed E-state index contributed by atoms with van der Waals surface area (Å²) in [6.07, 6.45) is 0. The maximum atomic E-state index is 12.1. The van der Waals surface area contributed by atoms with Gasteiger partial charge in [0.25, 0.3) is 0 Å². The highest BCUT2D eigenvalue weighted by Gasteiger charge is 2.10. The van der Waals surface area contributed by atoms with Crippen molar-refractivity contribution in [3.05, 3.63) is 56.5 Å². The summed E-state index contributed by atoms with van der Waals surface area (Å²) in [6.45, 7) is 4.06. The summed E-state index contributed by atoms with van der Waals surface area (Å²) in [5, 5.41) is 2.93. The van der Waals surface area contributed by atoms with Crippen molar-refractivity contribution in [1.29, 1.82) is 0 Å². The second-order valence-electron chi connectivity index (χ2n) is 4.75. The number of rotatable bonds is 4. The van der Waals surface area contributed by atoms with Gasteiger partial charge in [0.2, 0.25) is 5.91 Å². The molecular weight excluding hydrogens is 414 g/mol. The number of thioether (sulfide) groups is 1. The summed E-state index contributed by atoms with van der Waals surface area (Å²) < 4.78 is 1.76. The van der Waals surface area contributed by atoms with Crippen molar-refractivity contribution in [2.75, 3.05) is 11.1 Å². The van der Waals surface area contributed by atoms with Gasteiger partial charge in [0.05, 0.1) is 11.4 Å². The van der Waals surface area contributed by atoms with Gasteiger partial charge >= 0.3 is 0 Å². The summed E-state index contributed by atoms with van der Waals surface area (Å²) in [5.74, 6) is 0.362. The molecule has 0 radical (unpaired) electrons. The molecule has 2 nitrogen and oxygen atoms in total. The third-order valence-corrected chi connectivity index (χ3v) is 5.10. The number of nitrogens with one attached hydrogen (secondary N) is 1. The van der Waals surface area contributed by atoms with Gasteiger partial charge in [-0.2, -0.15) is 0 Å². The largest absolute Gasteiger partial charge is 0.323 e. The van der Waals surface area contributed by atoms with Crippen LogP contribution < -0.4 is 5.32 Å². The van der Waals surface area contributed by atoms with Crippen molar-refractivity contribution in [2.24, 2.45) is 0 Å². The molecule has 110 valence electrons. The standard InChI is InChI=1S/C16H15Br2NOS/c1-10-3-5-12(6-4-10)21-9-15(20)19-16-13(17)7-11(2)8-14(16)18/h3-8H,9H2,1-2H3,(H,19,20). The molecule has 0 fully saturated rings. The molecule has 0 heterocycles. The molecule has 0 aliphatic rings. The lowest BCUT2D eigenvalue weighted by molar-refractivity contribution is -0.113. The van der Waals surface area contributed by atoms with Crippen LogP contribution in [0.15, 0.2) is 50.2 Å². The number of aryl methyl sites for hydroxylation is 2. The van der Waals surface area contributed by atoms with E-state index < -0.39 is 0 Å². The van der Waals surface area contributed by atoms with E-state index in [0.29, 0.717) is 5.75 Å². The second-order valence-corrected chi connectivity index (χ2v) is 7.51. The van der Waals surface area contributed by atoms with Crippen LogP contribution in [0.3, 0.4) is 0 Å². The zero-order valence-electron chi connectivity index (χ0n) is 11.7. The normalized spacial score (nSPS) is 10.5. The maximum absolute atomic E-state index is 12.1. The van der Waals surface area contributed by atoms with E-state index in [1.807, 2.05) is 50.2 Å². The van der Waals surface area contributed by atoms with E-state index in [1.165, 1.54) is 17.3 Å². The minimum Gasteiger partial charge on any atom is -0.323 e. The van der Waals surface area contributed by atoms with Crippen molar-refractivity contribution in [2.45, 2.75) is 18.7 Å². The van der Waals surface area contributed by atoms with E-state index in [9.17, 15) is 4.79 Å². The van der Waals surface area contributed by atoms with Gasteiger partial charge in [-0.05, 0) is 75.5 Å². The first kappa shape index (κ1) is 16.6. The van der Waals surface area contributed by atoms with Crippen molar-refractivity contribution < 1.29 is 4.79 Å². The van der Waals surface area contributed by atoms with Crippen LogP contribution >= 0.6 is 43.6 Å². The smallest absolute Gasteiger partial charge is 0.234 e. The average Bonchev–Trinajstić information content (AvgIpc) is 2.42. The maximum Gasteiger partial charge on any atom is 0.234 e. The average molecular weight is 429 g/mol. The lowest BCUT2D eigenvalue weighted by Crippen LogP contribution is -2.14. The van der Waals surface area contributed by atoms with Gasteiger partial charge in [-0.25, -0.2) is 0 Å². The summed E-state index contributed by atoms with van der Waals surface area (Å²) >= 11 is 8.49. The Hall–Kier alpha value is -0.780. The number of hydrogen-bond donors (Lipinski definition) is 1. The number of anilines is 1. The van der Waals surface area contributed by atoms with E-state index >= 15 is 0 Å². The lowest BCUT2D eigenvalue weighted by Gasteiger charge is -2.10. The fraction of sp³-hybridized carbons (Fsp3) is 0.188. The number of carbonyl (C=O) groups is 1. The van der Waals surface area contributed by atoms with Crippen LogP contribution in [-0.2, 0) is 4.79 Å². The molecule has 0 saturated carbocycles. The number of amides is 1. The van der Waals surface area contributed by atoms with E-state index in [2.05, 4.69) is 37.2 Å². The van der Waals surface area contributed by atoms with Gasteiger partial charge in [0.15, 0.2) is 0 Å². The van der Waals surface area contributed by atoms with Crippen molar-refractivity contribution >= 4 is 55.2 Å². The molecule has 2 aromatic rings. The monoisotopic (exact) mass is 427 g/mol. The Morgan fingerprint density at radius 3 is 2.19 bits per heavy atom. The summed E-state index contributed by atoms with van der Waals surface area (Å²) in [4.78, 5) is 13.2. The number of halogens is 2. The molecule has 0 unspecified atom stereocenters. The highest BCUT2D eigenvalue weighted by Crippen LogP contribution is 2.32. The zero-order chi connectivity index (χ0) is 15.4. The van der Waals surface area contributed by atoms with E-state index in [1.54, 1.807) is 0 Å². The quantitative estimate of drug-likeness (QED) is 0.645. The van der Waals surface area contributed by atoms with Crippen LogP contribution in [0.5, 0.6) is 0 Å². The Morgan fingerprint density at radius 1 is 1.05 bits per heavy atom. The number of benzene rings is 2. The Bertz CT molecular complexity index is 633. The van der Waals surface area contributed by atoms with Crippen LogP contribution in [0, 0.1) is 13.8 Å². The molecule has 0 spiro atoms. The molecule has 2 aromatic carbocycles. The second kappa shape index (κ2) is 7.47. The topological polar surface area (TPSA) is 29.1 Å². The van der Waals surface area contributed by atoms with E-state index in [-0.39, 0.29) is 5.91 Å². The van der Waals surface area contributed by atoms with Crippen LogP contribution in [0.1, 0.15) is 11.1 Å². The number of hydrogen-bond acceptors (Lipinski definition) is 2. The molecular formula is C16H15Br2NOS. The van der Waals surface area contributed by atoms with Crippen LogP contribution in [0.25, 0.3) is 0 Å². The predicted molar refractivity (Wildman–Crippen MR) is 97.1 cm³/mol. The van der Waals surface area contributed by atoms with Crippen molar-refractivity contribution in [3.63, 3.8) is 0 Å². The molecule has 0 aliphatic carbocycles. The highest BCUT2D eigenvalue weighted by molar-refractivity contribution is 9.11. The minimum absolute atomic E-state index is 0.0224. The molecule has 1 amide bonds. The Kier molecular flexibility index (Phi) is 5.90. The fourth-order valence-corrected chi connectivity index (χ4v) is 4.09. The van der Waals surface area contributed by atoms with Crippen LogP contribution in [-0.4, -0.2) is 11.7 Å². The summed E-state index contributed by atoms with van der Waals surface area (Å²) in [5.41, 5.74) is 3.12. The van der Waals surface area contributed by atoms with Crippen LogP contribution in [0.4, 0.5) is 5.69 Å². The van der Waals surface area contributed by atoms with Crippen LogP contribution in [0.2, 0.25) is 0 Å². The Balaban J connectivity index is 1.97.